The molecule has 8 heteroatoms. The van der Waals surface area contributed by atoms with Gasteiger partial charge < -0.3 is 15.2 Å². The Balaban J connectivity index is 1.56. The van der Waals surface area contributed by atoms with E-state index >= 15 is 0 Å². The van der Waals surface area contributed by atoms with Crippen LogP contribution in [0.1, 0.15) is 12.8 Å². The van der Waals surface area contributed by atoms with Gasteiger partial charge in [0.2, 0.25) is 5.91 Å². The number of carbonyl (C=O) groups is 1. The molecule has 1 atom stereocenters. The van der Waals surface area contributed by atoms with E-state index < -0.39 is 0 Å². The molecule has 1 fully saturated rings. The number of carbonyl (C=O) groups excluding carboxylic acids is 1. The molecule has 2 aromatic carbocycles. The second kappa shape index (κ2) is 8.67. The maximum Gasteiger partial charge on any atom is 0.262 e. The van der Waals surface area contributed by atoms with Crippen LogP contribution in [-0.2, 0) is 16.1 Å². The number of hydrogen-bond donors (Lipinski definition) is 2. The standard InChI is InChI=1S/C21H21N3O4S/c25-15-6-3-5-14(11-15)22-19(26)13-29-21-23-18-9-2-1-8-17(18)20(27)24(21)12-16-7-4-10-28-16/h1-3,5-6,8-9,11,16,25H,4,7,10,12-13H2,(H,22,26)/t16-/m1/s1. The zero-order chi connectivity index (χ0) is 20.2. The fraction of sp³-hybridized carbons (Fsp3) is 0.286. The second-order valence-corrected chi connectivity index (χ2v) is 7.79. The molecule has 0 unspecified atom stereocenters. The molecule has 3 aromatic rings. The molecule has 0 spiro atoms. The van der Waals surface area contributed by atoms with E-state index in [2.05, 4.69) is 10.3 Å². The zero-order valence-electron chi connectivity index (χ0n) is 15.7. The molecule has 29 heavy (non-hydrogen) atoms. The molecule has 150 valence electrons. The highest BCUT2D eigenvalue weighted by Crippen LogP contribution is 2.22. The third kappa shape index (κ3) is 4.60. The van der Waals surface area contributed by atoms with Crippen LogP contribution < -0.4 is 10.9 Å². The van der Waals surface area contributed by atoms with E-state index in [0.717, 1.165) is 12.8 Å². The van der Waals surface area contributed by atoms with Gasteiger partial charge in [-0.25, -0.2) is 4.98 Å². The number of anilines is 1. The number of benzene rings is 2. The number of hydrogen-bond acceptors (Lipinski definition) is 6. The van der Waals surface area contributed by atoms with Gasteiger partial charge in [0, 0.05) is 18.4 Å². The average Bonchev–Trinajstić information content (AvgIpc) is 3.22. The number of rotatable bonds is 6. The Kier molecular flexibility index (Phi) is 5.82. The summed E-state index contributed by atoms with van der Waals surface area (Å²) in [4.78, 5) is 30.0. The number of ether oxygens (including phenoxy) is 1. The molecule has 1 saturated heterocycles. The molecule has 7 nitrogen and oxygen atoms in total. The van der Waals surface area contributed by atoms with Crippen LogP contribution in [0, 0.1) is 0 Å². The van der Waals surface area contributed by atoms with E-state index in [1.807, 2.05) is 12.1 Å². The third-order valence-electron chi connectivity index (χ3n) is 4.70. The lowest BCUT2D eigenvalue weighted by molar-refractivity contribution is -0.113. The molecule has 1 aliphatic rings. The highest BCUT2D eigenvalue weighted by molar-refractivity contribution is 7.99. The Morgan fingerprint density at radius 3 is 2.93 bits per heavy atom. The Labute approximate surface area is 171 Å². The van der Waals surface area contributed by atoms with Crippen molar-refractivity contribution < 1.29 is 14.6 Å². The molecule has 2 N–H and O–H groups in total. The lowest BCUT2D eigenvalue weighted by Crippen LogP contribution is -2.29. The molecule has 0 radical (unpaired) electrons. The summed E-state index contributed by atoms with van der Waals surface area (Å²) in [7, 11) is 0. The Morgan fingerprint density at radius 1 is 1.28 bits per heavy atom. The van der Waals surface area contributed by atoms with Crippen molar-refractivity contribution in [3.8, 4) is 5.75 Å². The number of phenols is 1. The van der Waals surface area contributed by atoms with E-state index in [0.29, 0.717) is 34.9 Å². The van der Waals surface area contributed by atoms with Gasteiger partial charge in [0.15, 0.2) is 5.16 Å². The lowest BCUT2D eigenvalue weighted by atomic mass is 10.2. The SMILES string of the molecule is O=C(CSc1nc2ccccc2c(=O)n1C[C@H]1CCCO1)Nc1cccc(O)c1. The van der Waals surface area contributed by atoms with Crippen molar-refractivity contribution in [3.05, 3.63) is 58.9 Å². The van der Waals surface area contributed by atoms with Gasteiger partial charge in [-0.2, -0.15) is 0 Å². The molecule has 0 bridgehead atoms. The van der Waals surface area contributed by atoms with Crippen molar-refractivity contribution in [2.45, 2.75) is 30.6 Å². The van der Waals surface area contributed by atoms with Crippen LogP contribution in [-0.4, -0.2) is 39.0 Å². The molecule has 1 aliphatic heterocycles. The first-order chi connectivity index (χ1) is 14.1. The maximum atomic E-state index is 13.0. The Bertz CT molecular complexity index is 1090. The molecule has 4 rings (SSSR count). The normalized spacial score (nSPS) is 16.2. The van der Waals surface area contributed by atoms with E-state index in [-0.39, 0.29) is 29.1 Å². The number of para-hydroxylation sites is 1. The second-order valence-electron chi connectivity index (χ2n) is 6.85. The van der Waals surface area contributed by atoms with E-state index in [4.69, 9.17) is 4.74 Å². The van der Waals surface area contributed by atoms with E-state index in [1.165, 1.54) is 23.9 Å². The third-order valence-corrected chi connectivity index (χ3v) is 5.68. The highest BCUT2D eigenvalue weighted by Gasteiger charge is 2.20. The number of nitrogens with one attached hydrogen (secondary N) is 1. The van der Waals surface area contributed by atoms with Gasteiger partial charge in [0.25, 0.3) is 5.56 Å². The van der Waals surface area contributed by atoms with Crippen LogP contribution in [0.25, 0.3) is 10.9 Å². The molecule has 0 aliphatic carbocycles. The molecule has 1 amide bonds. The summed E-state index contributed by atoms with van der Waals surface area (Å²) < 4.78 is 7.31. The van der Waals surface area contributed by atoms with Crippen molar-refractivity contribution in [2.75, 3.05) is 17.7 Å². The molecular weight excluding hydrogens is 390 g/mol. The van der Waals surface area contributed by atoms with Crippen molar-refractivity contribution in [1.29, 1.82) is 0 Å². The zero-order valence-corrected chi connectivity index (χ0v) is 16.5. The average molecular weight is 411 g/mol. The fourth-order valence-electron chi connectivity index (χ4n) is 3.32. The van der Waals surface area contributed by atoms with E-state index in [9.17, 15) is 14.7 Å². The minimum Gasteiger partial charge on any atom is -0.508 e. The van der Waals surface area contributed by atoms with Crippen molar-refractivity contribution >= 4 is 34.3 Å². The van der Waals surface area contributed by atoms with E-state index in [1.54, 1.807) is 28.8 Å². The topological polar surface area (TPSA) is 93.5 Å². The van der Waals surface area contributed by atoms with Gasteiger partial charge in [-0.1, -0.05) is 30.0 Å². The number of aromatic nitrogens is 2. The summed E-state index contributed by atoms with van der Waals surface area (Å²) in [6.07, 6.45) is 1.87. The van der Waals surface area contributed by atoms with Crippen LogP contribution in [0.15, 0.2) is 58.5 Å². The largest absolute Gasteiger partial charge is 0.508 e. The number of nitrogens with zero attached hydrogens (tertiary/aromatic N) is 2. The number of thioether (sulfide) groups is 1. The fourth-order valence-corrected chi connectivity index (χ4v) is 4.13. The summed E-state index contributed by atoms with van der Waals surface area (Å²) in [6, 6.07) is 13.6. The molecule has 1 aromatic heterocycles. The monoisotopic (exact) mass is 411 g/mol. The van der Waals surface area contributed by atoms with Gasteiger partial charge in [-0.15, -0.1) is 0 Å². The predicted octanol–water partition coefficient (Wildman–Crippen LogP) is 3.01. The first kappa shape index (κ1) is 19.5. The van der Waals surface area contributed by atoms with Crippen LogP contribution in [0.4, 0.5) is 5.69 Å². The highest BCUT2D eigenvalue weighted by atomic mass is 32.2. The van der Waals surface area contributed by atoms with Gasteiger partial charge in [-0.05, 0) is 37.1 Å². The Hall–Kier alpha value is -2.84. The van der Waals surface area contributed by atoms with Gasteiger partial charge in [-0.3, -0.25) is 14.2 Å². The Morgan fingerprint density at radius 2 is 2.14 bits per heavy atom. The first-order valence-corrected chi connectivity index (χ1v) is 10.4. The summed E-state index contributed by atoms with van der Waals surface area (Å²) in [6.45, 7) is 1.13. The van der Waals surface area contributed by atoms with Crippen LogP contribution in [0.3, 0.4) is 0 Å². The number of fused-ring (bicyclic) bond motifs is 1. The first-order valence-electron chi connectivity index (χ1n) is 9.43. The summed E-state index contributed by atoms with van der Waals surface area (Å²) in [5, 5.41) is 13.3. The lowest BCUT2D eigenvalue weighted by Gasteiger charge is -2.16. The minimum atomic E-state index is -0.244. The molecule has 2 heterocycles. The number of amides is 1. The quantitative estimate of drug-likeness (QED) is 0.478. The van der Waals surface area contributed by atoms with Gasteiger partial charge >= 0.3 is 0 Å². The summed E-state index contributed by atoms with van der Waals surface area (Å²) in [5.41, 5.74) is 0.998. The minimum absolute atomic E-state index is 0.0175. The number of phenolic OH excluding ortho intramolecular Hbond substituents is 1. The molecule has 0 saturated carbocycles. The predicted molar refractivity (Wildman–Crippen MR) is 112 cm³/mol. The van der Waals surface area contributed by atoms with Gasteiger partial charge in [0.05, 0.1) is 29.3 Å². The smallest absolute Gasteiger partial charge is 0.262 e. The summed E-state index contributed by atoms with van der Waals surface area (Å²) >= 11 is 1.21. The van der Waals surface area contributed by atoms with Crippen LogP contribution >= 0.6 is 11.8 Å². The van der Waals surface area contributed by atoms with Crippen LogP contribution in [0.5, 0.6) is 5.75 Å². The maximum absolute atomic E-state index is 13.0. The van der Waals surface area contributed by atoms with Gasteiger partial charge in [0.1, 0.15) is 5.75 Å². The summed E-state index contributed by atoms with van der Waals surface area (Å²) in [5.74, 6) is -0.0740. The van der Waals surface area contributed by atoms with Crippen molar-refractivity contribution in [1.82, 2.24) is 9.55 Å². The van der Waals surface area contributed by atoms with Crippen molar-refractivity contribution in [2.24, 2.45) is 0 Å². The van der Waals surface area contributed by atoms with Crippen LogP contribution in [0.2, 0.25) is 0 Å². The van der Waals surface area contributed by atoms with Crippen molar-refractivity contribution in [3.63, 3.8) is 0 Å². The number of aromatic hydroxyl groups is 1. The molecular formula is C21H21N3O4S.